The molecule has 0 aliphatic heterocycles. The highest BCUT2D eigenvalue weighted by Gasteiger charge is 2.17. The van der Waals surface area contributed by atoms with E-state index in [2.05, 4.69) is 10.0 Å². The number of benzene rings is 1. The van der Waals surface area contributed by atoms with Gasteiger partial charge in [-0.15, -0.1) is 11.3 Å². The molecule has 5 nitrogen and oxygen atoms in total. The third-order valence-corrected chi connectivity index (χ3v) is 6.83. The highest BCUT2D eigenvalue weighted by molar-refractivity contribution is 7.89. The largest absolute Gasteiger partial charge is 0.321 e. The first-order chi connectivity index (χ1) is 11.5. The highest BCUT2D eigenvalue weighted by atomic mass is 32.2. The molecule has 0 spiro atoms. The Morgan fingerprint density at radius 3 is 2.50 bits per heavy atom. The van der Waals surface area contributed by atoms with E-state index in [1.54, 1.807) is 23.5 Å². The Morgan fingerprint density at radius 1 is 1.08 bits per heavy atom. The number of aryl methyl sites for hydroxylation is 2. The number of anilines is 1. The molecule has 128 valence electrons. The molecule has 2 aromatic rings. The van der Waals surface area contributed by atoms with E-state index in [1.807, 2.05) is 6.07 Å². The van der Waals surface area contributed by atoms with Crippen molar-refractivity contribution in [3.8, 4) is 0 Å². The van der Waals surface area contributed by atoms with E-state index >= 15 is 0 Å². The van der Waals surface area contributed by atoms with E-state index in [1.165, 1.54) is 48.9 Å². The van der Waals surface area contributed by atoms with E-state index in [9.17, 15) is 13.2 Å². The molecule has 1 aromatic heterocycles. The first-order valence-electron chi connectivity index (χ1n) is 7.96. The lowest BCUT2D eigenvalue weighted by molar-refractivity contribution is 0.103. The summed E-state index contributed by atoms with van der Waals surface area (Å²) in [4.78, 5) is 14.6. The second-order valence-electron chi connectivity index (χ2n) is 5.81. The standard InChI is InChI=1S/C17H20N2O3S2/c1-18-24(21,22)14-9-7-13(8-10-14)19-17(20)16-11-12-5-3-2-4-6-15(12)23-16/h7-11,18H,2-6H2,1H3,(H,19,20). The van der Waals surface area contributed by atoms with Gasteiger partial charge in [-0.2, -0.15) is 0 Å². The van der Waals surface area contributed by atoms with Crippen LogP contribution in [0.2, 0.25) is 0 Å². The molecular weight excluding hydrogens is 344 g/mol. The maximum absolute atomic E-state index is 12.4. The third-order valence-electron chi connectivity index (χ3n) is 4.16. The van der Waals surface area contributed by atoms with Crippen LogP contribution in [0.5, 0.6) is 0 Å². The zero-order valence-electron chi connectivity index (χ0n) is 13.5. The summed E-state index contributed by atoms with van der Waals surface area (Å²) in [7, 11) is -2.09. The number of sulfonamides is 1. The van der Waals surface area contributed by atoms with Crippen LogP contribution in [0.3, 0.4) is 0 Å². The average Bonchev–Trinajstić information content (AvgIpc) is 2.86. The molecule has 2 N–H and O–H groups in total. The van der Waals surface area contributed by atoms with E-state index < -0.39 is 10.0 Å². The highest BCUT2D eigenvalue weighted by Crippen LogP contribution is 2.29. The summed E-state index contributed by atoms with van der Waals surface area (Å²) in [5.74, 6) is -0.141. The Kier molecular flexibility index (Phi) is 5.03. The van der Waals surface area contributed by atoms with Crippen LogP contribution in [0.15, 0.2) is 35.2 Å². The third kappa shape index (κ3) is 3.68. The number of amides is 1. The molecule has 0 saturated heterocycles. The number of carbonyl (C=O) groups is 1. The Balaban J connectivity index is 1.73. The fourth-order valence-corrected chi connectivity index (χ4v) is 4.69. The fourth-order valence-electron chi connectivity index (χ4n) is 2.81. The molecular formula is C17H20N2O3S2. The molecule has 1 aliphatic rings. The first kappa shape index (κ1) is 17.1. The predicted molar refractivity (Wildman–Crippen MR) is 96.2 cm³/mol. The Morgan fingerprint density at radius 2 is 1.79 bits per heavy atom. The second-order valence-corrected chi connectivity index (χ2v) is 8.83. The quantitative estimate of drug-likeness (QED) is 0.818. The Bertz CT molecular complexity index is 816. The van der Waals surface area contributed by atoms with Gasteiger partial charge in [-0.05, 0) is 68.6 Å². The molecule has 0 unspecified atom stereocenters. The number of fused-ring (bicyclic) bond motifs is 1. The number of nitrogens with one attached hydrogen (secondary N) is 2. The lowest BCUT2D eigenvalue weighted by Crippen LogP contribution is -2.18. The topological polar surface area (TPSA) is 75.3 Å². The minimum absolute atomic E-state index is 0.141. The molecule has 0 saturated carbocycles. The fraction of sp³-hybridized carbons (Fsp3) is 0.353. The zero-order chi connectivity index (χ0) is 17.2. The molecule has 1 heterocycles. The van der Waals surface area contributed by atoms with Crippen LogP contribution >= 0.6 is 11.3 Å². The van der Waals surface area contributed by atoms with Gasteiger partial charge in [0.15, 0.2) is 0 Å². The van der Waals surface area contributed by atoms with Gasteiger partial charge in [0.1, 0.15) is 0 Å². The molecule has 0 bridgehead atoms. The summed E-state index contributed by atoms with van der Waals surface area (Å²) in [5.41, 5.74) is 1.89. The van der Waals surface area contributed by atoms with Gasteiger partial charge in [0.25, 0.3) is 5.91 Å². The molecule has 0 fully saturated rings. The van der Waals surface area contributed by atoms with Crippen LogP contribution in [0.25, 0.3) is 0 Å². The summed E-state index contributed by atoms with van der Waals surface area (Å²) in [6.07, 6.45) is 5.74. The van der Waals surface area contributed by atoms with Gasteiger partial charge >= 0.3 is 0 Å². The monoisotopic (exact) mass is 364 g/mol. The van der Waals surface area contributed by atoms with Crippen molar-refractivity contribution in [1.29, 1.82) is 0 Å². The zero-order valence-corrected chi connectivity index (χ0v) is 15.1. The predicted octanol–water partition coefficient (Wildman–Crippen LogP) is 3.18. The minimum Gasteiger partial charge on any atom is -0.321 e. The van der Waals surface area contributed by atoms with Gasteiger partial charge in [0, 0.05) is 10.6 Å². The average molecular weight is 364 g/mol. The number of rotatable bonds is 4. The second kappa shape index (κ2) is 7.04. The Labute approximate surface area is 146 Å². The number of hydrogen-bond acceptors (Lipinski definition) is 4. The lowest BCUT2D eigenvalue weighted by Gasteiger charge is -2.06. The summed E-state index contributed by atoms with van der Waals surface area (Å²) >= 11 is 1.57. The summed E-state index contributed by atoms with van der Waals surface area (Å²) in [6.45, 7) is 0. The van der Waals surface area contributed by atoms with Gasteiger partial charge in [0.2, 0.25) is 10.0 Å². The molecule has 0 atom stereocenters. The maximum atomic E-state index is 12.4. The van der Waals surface area contributed by atoms with Crippen LogP contribution in [0.4, 0.5) is 5.69 Å². The SMILES string of the molecule is CNS(=O)(=O)c1ccc(NC(=O)c2cc3c(s2)CCCCC3)cc1. The van der Waals surface area contributed by atoms with Crippen LogP contribution in [-0.2, 0) is 22.9 Å². The van der Waals surface area contributed by atoms with Crippen molar-refractivity contribution in [3.05, 3.63) is 45.6 Å². The van der Waals surface area contributed by atoms with Crippen molar-refractivity contribution in [2.75, 3.05) is 12.4 Å². The van der Waals surface area contributed by atoms with Crippen LogP contribution in [0.1, 0.15) is 39.4 Å². The summed E-state index contributed by atoms with van der Waals surface area (Å²) in [6, 6.07) is 8.15. The van der Waals surface area contributed by atoms with Crippen molar-refractivity contribution in [1.82, 2.24) is 4.72 Å². The van der Waals surface area contributed by atoms with Gasteiger partial charge in [-0.25, -0.2) is 13.1 Å². The van der Waals surface area contributed by atoms with Gasteiger partial charge < -0.3 is 5.32 Å². The van der Waals surface area contributed by atoms with E-state index in [-0.39, 0.29) is 10.8 Å². The molecule has 1 aliphatic carbocycles. The van der Waals surface area contributed by atoms with Crippen molar-refractivity contribution < 1.29 is 13.2 Å². The van der Waals surface area contributed by atoms with Crippen molar-refractivity contribution in [3.63, 3.8) is 0 Å². The van der Waals surface area contributed by atoms with Crippen molar-refractivity contribution >= 4 is 33.0 Å². The Hall–Kier alpha value is -1.70. The number of carbonyl (C=O) groups excluding carboxylic acids is 1. The van der Waals surface area contributed by atoms with Gasteiger partial charge in [-0.1, -0.05) is 6.42 Å². The number of hydrogen-bond donors (Lipinski definition) is 2. The van der Waals surface area contributed by atoms with Gasteiger partial charge in [-0.3, -0.25) is 4.79 Å². The molecule has 1 amide bonds. The number of thiophene rings is 1. The smallest absolute Gasteiger partial charge is 0.265 e. The molecule has 1 aromatic carbocycles. The first-order valence-corrected chi connectivity index (χ1v) is 10.3. The molecule has 24 heavy (non-hydrogen) atoms. The molecule has 0 radical (unpaired) electrons. The minimum atomic E-state index is -3.46. The normalized spacial score (nSPS) is 14.7. The van der Waals surface area contributed by atoms with E-state index in [0.717, 1.165) is 12.8 Å². The lowest BCUT2D eigenvalue weighted by atomic mass is 10.1. The summed E-state index contributed by atoms with van der Waals surface area (Å²) in [5, 5.41) is 2.84. The van der Waals surface area contributed by atoms with Crippen molar-refractivity contribution in [2.24, 2.45) is 0 Å². The van der Waals surface area contributed by atoms with Crippen LogP contribution < -0.4 is 10.0 Å². The van der Waals surface area contributed by atoms with E-state index in [0.29, 0.717) is 10.6 Å². The maximum Gasteiger partial charge on any atom is 0.265 e. The molecule has 3 rings (SSSR count). The van der Waals surface area contributed by atoms with E-state index in [4.69, 9.17) is 0 Å². The van der Waals surface area contributed by atoms with Crippen molar-refractivity contribution in [2.45, 2.75) is 37.0 Å². The van der Waals surface area contributed by atoms with Crippen LogP contribution in [-0.4, -0.2) is 21.4 Å². The van der Waals surface area contributed by atoms with Crippen LogP contribution in [0, 0.1) is 0 Å². The van der Waals surface area contributed by atoms with Gasteiger partial charge in [0.05, 0.1) is 9.77 Å². The summed E-state index contributed by atoms with van der Waals surface area (Å²) < 4.78 is 25.7. The molecule has 7 heteroatoms.